The van der Waals surface area contributed by atoms with Crippen LogP contribution in [0.1, 0.15) is 48.7 Å². The van der Waals surface area contributed by atoms with Gasteiger partial charge in [0.1, 0.15) is 11.2 Å². The minimum atomic E-state index is -1.09. The Balaban J connectivity index is 1.55. The van der Waals surface area contributed by atoms with Crippen LogP contribution in [-0.4, -0.2) is 43.1 Å². The summed E-state index contributed by atoms with van der Waals surface area (Å²) < 4.78 is 2.97. The van der Waals surface area contributed by atoms with E-state index in [1.165, 1.54) is 12.1 Å². The number of hydrogen-bond donors (Lipinski definition) is 3. The van der Waals surface area contributed by atoms with Crippen molar-refractivity contribution in [2.24, 2.45) is 0 Å². The first-order valence-corrected chi connectivity index (χ1v) is 11.5. The van der Waals surface area contributed by atoms with Crippen molar-refractivity contribution in [3.63, 3.8) is 0 Å². The van der Waals surface area contributed by atoms with Gasteiger partial charge in [-0.2, -0.15) is 0 Å². The largest absolute Gasteiger partial charge is 0.504 e. The molecule has 0 spiro atoms. The summed E-state index contributed by atoms with van der Waals surface area (Å²) in [6.45, 7) is 2.33. The predicted molar refractivity (Wildman–Crippen MR) is 118 cm³/mol. The number of benzene rings is 1. The van der Waals surface area contributed by atoms with Gasteiger partial charge in [-0.15, -0.1) is 11.3 Å². The van der Waals surface area contributed by atoms with Crippen LogP contribution in [-0.2, 0) is 17.9 Å². The molecule has 1 saturated carbocycles. The molecular weight excluding hydrogens is 414 g/mol. The lowest BCUT2D eigenvalue weighted by Gasteiger charge is -2.44. The zero-order chi connectivity index (χ0) is 21.8. The quantitative estimate of drug-likeness (QED) is 0.542. The van der Waals surface area contributed by atoms with E-state index in [4.69, 9.17) is 0 Å². The molecule has 1 unspecified atom stereocenters. The summed E-state index contributed by atoms with van der Waals surface area (Å²) in [4.78, 5) is 28.8. The van der Waals surface area contributed by atoms with Crippen molar-refractivity contribution in [1.29, 1.82) is 0 Å². The summed E-state index contributed by atoms with van der Waals surface area (Å²) in [6.07, 6.45) is 4.14. The van der Waals surface area contributed by atoms with Gasteiger partial charge in [0.05, 0.1) is 16.8 Å². The van der Waals surface area contributed by atoms with Gasteiger partial charge in [0.15, 0.2) is 11.5 Å². The number of hydrogen-bond acceptors (Lipinski definition) is 5. The fourth-order valence-electron chi connectivity index (χ4n) is 4.78. The van der Waals surface area contributed by atoms with E-state index in [2.05, 4.69) is 5.32 Å². The van der Waals surface area contributed by atoms with E-state index < -0.39 is 5.54 Å². The molecule has 5 rings (SSSR count). The number of carbonyl (C=O) groups excluding carboxylic acids is 2. The lowest BCUT2D eigenvalue weighted by atomic mass is 9.93. The molecule has 162 valence electrons. The van der Waals surface area contributed by atoms with Crippen LogP contribution < -0.4 is 5.32 Å². The molecule has 1 fully saturated rings. The van der Waals surface area contributed by atoms with Gasteiger partial charge in [-0.1, -0.05) is 18.9 Å². The Morgan fingerprint density at radius 3 is 2.71 bits per heavy atom. The first-order valence-electron chi connectivity index (χ1n) is 10.6. The van der Waals surface area contributed by atoms with Gasteiger partial charge in [0.25, 0.3) is 5.91 Å². The van der Waals surface area contributed by atoms with E-state index in [9.17, 15) is 19.8 Å². The average molecular weight is 440 g/mol. The van der Waals surface area contributed by atoms with Crippen LogP contribution in [0.5, 0.6) is 11.5 Å². The molecule has 3 heterocycles. The molecule has 0 bridgehead atoms. The van der Waals surface area contributed by atoms with Crippen LogP contribution in [0.2, 0.25) is 0 Å². The zero-order valence-electron chi connectivity index (χ0n) is 17.3. The second-order valence-electron chi connectivity index (χ2n) is 8.73. The molecule has 2 aromatic heterocycles. The topological polar surface area (TPSA) is 94.8 Å². The maximum absolute atomic E-state index is 13.6. The summed E-state index contributed by atoms with van der Waals surface area (Å²) >= 11 is 1.57. The minimum Gasteiger partial charge on any atom is -0.504 e. The summed E-state index contributed by atoms with van der Waals surface area (Å²) in [5, 5.41) is 24.7. The molecule has 1 aliphatic heterocycles. The van der Waals surface area contributed by atoms with Crippen LogP contribution in [0.15, 0.2) is 35.7 Å². The maximum Gasteiger partial charge on any atom is 0.271 e. The number of carbonyl (C=O) groups is 2. The Kier molecular flexibility index (Phi) is 4.69. The maximum atomic E-state index is 13.6. The number of aromatic hydroxyl groups is 2. The highest BCUT2D eigenvalue weighted by Gasteiger charge is 2.48. The van der Waals surface area contributed by atoms with Gasteiger partial charge >= 0.3 is 0 Å². The molecule has 0 radical (unpaired) electrons. The molecule has 1 aliphatic carbocycles. The summed E-state index contributed by atoms with van der Waals surface area (Å²) in [7, 11) is 0. The van der Waals surface area contributed by atoms with Gasteiger partial charge in [0, 0.05) is 12.6 Å². The van der Waals surface area contributed by atoms with Crippen molar-refractivity contribution in [2.45, 2.75) is 57.3 Å². The van der Waals surface area contributed by atoms with Crippen LogP contribution >= 0.6 is 11.3 Å². The van der Waals surface area contributed by atoms with Crippen LogP contribution in [0.25, 0.3) is 10.2 Å². The average Bonchev–Trinajstić information content (AvgIpc) is 3.47. The minimum absolute atomic E-state index is 0.145. The van der Waals surface area contributed by atoms with E-state index in [0.29, 0.717) is 17.8 Å². The van der Waals surface area contributed by atoms with Crippen LogP contribution in [0, 0.1) is 0 Å². The van der Waals surface area contributed by atoms with E-state index in [-0.39, 0.29) is 35.9 Å². The van der Waals surface area contributed by atoms with Gasteiger partial charge in [-0.3, -0.25) is 9.59 Å². The third-order valence-corrected chi connectivity index (χ3v) is 7.46. The van der Waals surface area contributed by atoms with Gasteiger partial charge in [0.2, 0.25) is 5.91 Å². The van der Waals surface area contributed by atoms with Crippen molar-refractivity contribution in [1.82, 2.24) is 14.8 Å². The molecule has 31 heavy (non-hydrogen) atoms. The Morgan fingerprint density at radius 2 is 1.97 bits per heavy atom. The van der Waals surface area contributed by atoms with E-state index >= 15 is 0 Å². The summed E-state index contributed by atoms with van der Waals surface area (Å²) in [5.74, 6) is -0.836. The molecule has 7 nitrogen and oxygen atoms in total. The number of phenolic OH excluding ortho intramolecular Hbond substituents is 2. The molecular formula is C23H25N3O4S. The number of nitrogens with zero attached hydrogens (tertiary/aromatic N) is 2. The molecule has 3 N–H and O–H groups in total. The van der Waals surface area contributed by atoms with Crippen molar-refractivity contribution in [3.8, 4) is 11.5 Å². The van der Waals surface area contributed by atoms with Crippen molar-refractivity contribution in [3.05, 3.63) is 47.0 Å². The number of nitrogens with one attached hydrogen (secondary N) is 1. The fourth-order valence-corrected chi connectivity index (χ4v) is 5.60. The smallest absolute Gasteiger partial charge is 0.271 e. The third-order valence-electron chi connectivity index (χ3n) is 6.61. The molecule has 1 atom stereocenters. The number of aromatic nitrogens is 1. The predicted octanol–water partition coefficient (Wildman–Crippen LogP) is 3.59. The monoisotopic (exact) mass is 439 g/mol. The second-order valence-corrected chi connectivity index (χ2v) is 9.68. The Labute approximate surface area is 183 Å². The highest BCUT2D eigenvalue weighted by atomic mass is 32.1. The molecule has 2 aliphatic rings. The Hall–Kier alpha value is -3.00. The third kappa shape index (κ3) is 3.26. The van der Waals surface area contributed by atoms with Crippen LogP contribution in [0.3, 0.4) is 0 Å². The molecule has 2 amide bonds. The number of phenols is 2. The second kappa shape index (κ2) is 7.30. The van der Waals surface area contributed by atoms with Crippen molar-refractivity contribution in [2.75, 3.05) is 0 Å². The van der Waals surface area contributed by atoms with Gasteiger partial charge < -0.3 is 25.0 Å². The number of rotatable bonds is 4. The number of fused-ring (bicyclic) bond motifs is 3. The molecule has 8 heteroatoms. The molecule has 0 saturated heterocycles. The lowest BCUT2D eigenvalue weighted by molar-refractivity contribution is -0.133. The van der Waals surface area contributed by atoms with Gasteiger partial charge in [-0.25, -0.2) is 0 Å². The van der Waals surface area contributed by atoms with Crippen LogP contribution in [0.4, 0.5) is 0 Å². The Morgan fingerprint density at radius 1 is 1.19 bits per heavy atom. The highest BCUT2D eigenvalue weighted by molar-refractivity contribution is 7.17. The van der Waals surface area contributed by atoms with E-state index in [1.54, 1.807) is 22.3 Å². The van der Waals surface area contributed by atoms with E-state index in [0.717, 1.165) is 35.9 Å². The first-order chi connectivity index (χ1) is 14.9. The number of thiophene rings is 1. The highest BCUT2D eigenvalue weighted by Crippen LogP contribution is 2.36. The molecule has 3 aromatic rings. The summed E-state index contributed by atoms with van der Waals surface area (Å²) in [5.41, 5.74) is 1.09. The standard InChI is InChI=1S/C23H25N3O4S/c1-23(22(30)24-15-4-2-3-5-15)13-25-16-8-9-31-20(16)11-17(25)21(29)26(23)12-14-6-7-18(27)19(28)10-14/h6-11,15,27-28H,2-5,12-13H2,1H3,(H,24,30). The fraction of sp³-hybridized carbons (Fsp3) is 0.391. The number of amides is 2. The Bertz CT molecular complexity index is 1180. The lowest BCUT2D eigenvalue weighted by Crippen LogP contribution is -2.64. The zero-order valence-corrected chi connectivity index (χ0v) is 18.1. The normalized spacial score (nSPS) is 21.6. The molecule has 1 aromatic carbocycles. The van der Waals surface area contributed by atoms with Gasteiger partial charge in [-0.05, 0) is 55.0 Å². The van der Waals surface area contributed by atoms with E-state index in [1.807, 2.05) is 29.0 Å². The van der Waals surface area contributed by atoms with Crippen molar-refractivity contribution >= 4 is 33.4 Å². The SMILES string of the molecule is CC1(C(=O)NC2CCCC2)Cn2c(cc3sccc32)C(=O)N1Cc1ccc(O)c(O)c1. The first kappa shape index (κ1) is 19.9. The summed E-state index contributed by atoms with van der Waals surface area (Å²) in [6, 6.07) is 8.51. The van der Waals surface area contributed by atoms with Crippen molar-refractivity contribution < 1.29 is 19.8 Å².